The summed E-state index contributed by atoms with van der Waals surface area (Å²) in [7, 11) is -3.64. The third kappa shape index (κ3) is 3.15. The van der Waals surface area contributed by atoms with Crippen molar-refractivity contribution in [2.75, 3.05) is 7.05 Å². The van der Waals surface area contributed by atoms with Gasteiger partial charge in [0.05, 0.1) is 4.90 Å². The Morgan fingerprint density at radius 2 is 1.80 bits per heavy atom. The Kier molecular flexibility index (Phi) is 5.21. The summed E-state index contributed by atoms with van der Waals surface area (Å²) >= 11 is 0. The first kappa shape index (κ1) is 17.0. The topological polar surface area (TPSA) is 46.2 Å². The van der Waals surface area contributed by atoms with Gasteiger partial charge in [-0.25, -0.2) is 8.42 Å². The van der Waals surface area contributed by atoms with E-state index in [4.69, 9.17) is 0 Å². The molecule has 20 heavy (non-hydrogen) atoms. The molecule has 1 N–H and O–H groups in total. The zero-order valence-electron chi connectivity index (χ0n) is 11.5. The molecule has 0 radical (unpaired) electrons. The molecule has 1 rings (SSSR count). The van der Waals surface area contributed by atoms with Crippen molar-refractivity contribution in [3.63, 3.8) is 0 Å². The molecule has 0 spiro atoms. The summed E-state index contributed by atoms with van der Waals surface area (Å²) in [5, 5.41) is 2.96. The van der Waals surface area contributed by atoms with E-state index in [2.05, 4.69) is 5.32 Å². The minimum Gasteiger partial charge on any atom is -0.317 e. The minimum atomic E-state index is -5.33. The van der Waals surface area contributed by atoms with Gasteiger partial charge in [-0.15, -0.1) is 0 Å². The van der Waals surface area contributed by atoms with E-state index < -0.39 is 20.2 Å². The first-order valence-corrected chi connectivity index (χ1v) is 7.72. The van der Waals surface area contributed by atoms with Crippen LogP contribution in [0.4, 0.5) is 13.2 Å². The van der Waals surface area contributed by atoms with Crippen molar-refractivity contribution in [3.05, 3.63) is 29.8 Å². The fourth-order valence-corrected chi connectivity index (χ4v) is 3.24. The molecule has 2 unspecified atom stereocenters. The molecule has 0 fully saturated rings. The number of rotatable bonds is 5. The Morgan fingerprint density at radius 3 is 2.25 bits per heavy atom. The molecule has 0 bridgehead atoms. The highest BCUT2D eigenvalue weighted by Crippen LogP contribution is 2.36. The van der Waals surface area contributed by atoms with Crippen molar-refractivity contribution in [2.24, 2.45) is 0 Å². The Labute approximate surface area is 117 Å². The number of nitrogens with one attached hydrogen (secondary N) is 1. The van der Waals surface area contributed by atoms with E-state index in [1.54, 1.807) is 13.1 Å². The van der Waals surface area contributed by atoms with Crippen LogP contribution >= 0.6 is 0 Å². The van der Waals surface area contributed by atoms with Crippen LogP contribution in [0.15, 0.2) is 29.2 Å². The second-order valence-electron chi connectivity index (χ2n) is 4.58. The van der Waals surface area contributed by atoms with Crippen LogP contribution in [0, 0.1) is 0 Å². The highest BCUT2D eigenvalue weighted by molar-refractivity contribution is 7.92. The standard InChI is InChI=1S/C13H18F3NO2S/c1-4-10(9(2)17-3)11-7-5-6-8-12(11)20(18,19)13(14,15)16/h5-10,17H,4H2,1-3H3. The summed E-state index contributed by atoms with van der Waals surface area (Å²) in [6.45, 7) is 3.63. The minimum absolute atomic E-state index is 0.135. The third-order valence-corrected chi connectivity index (χ3v) is 4.97. The first-order chi connectivity index (χ1) is 9.16. The predicted molar refractivity (Wildman–Crippen MR) is 71.2 cm³/mol. The lowest BCUT2D eigenvalue weighted by molar-refractivity contribution is -0.0436. The lowest BCUT2D eigenvalue weighted by atomic mass is 9.90. The number of hydrogen-bond donors (Lipinski definition) is 1. The quantitative estimate of drug-likeness (QED) is 0.909. The summed E-state index contributed by atoms with van der Waals surface area (Å²) in [5.41, 5.74) is -5.08. The Bertz CT molecular complexity index is 555. The number of alkyl halides is 3. The average Bonchev–Trinajstić information content (AvgIpc) is 2.38. The molecule has 0 saturated carbocycles. The highest BCUT2D eigenvalue weighted by Gasteiger charge is 2.48. The lowest BCUT2D eigenvalue weighted by Gasteiger charge is -2.25. The fourth-order valence-electron chi connectivity index (χ4n) is 2.20. The van der Waals surface area contributed by atoms with Crippen LogP contribution in [-0.4, -0.2) is 27.0 Å². The van der Waals surface area contributed by atoms with E-state index in [0.29, 0.717) is 6.42 Å². The maximum atomic E-state index is 12.7. The smallest absolute Gasteiger partial charge is 0.317 e. The lowest BCUT2D eigenvalue weighted by Crippen LogP contribution is -2.31. The third-order valence-electron chi connectivity index (χ3n) is 3.41. The van der Waals surface area contributed by atoms with Crippen molar-refractivity contribution in [1.82, 2.24) is 5.32 Å². The molecule has 0 saturated heterocycles. The molecule has 3 nitrogen and oxygen atoms in total. The molecule has 1 aromatic carbocycles. The SMILES string of the molecule is CCC(c1ccccc1S(=O)(=O)C(F)(F)F)C(C)NC. The number of sulfone groups is 1. The predicted octanol–water partition coefficient (Wildman–Crippen LogP) is 3.08. The van der Waals surface area contributed by atoms with E-state index in [9.17, 15) is 21.6 Å². The molecule has 7 heteroatoms. The van der Waals surface area contributed by atoms with Gasteiger partial charge in [-0.2, -0.15) is 13.2 Å². The molecular formula is C13H18F3NO2S. The molecule has 0 heterocycles. The normalized spacial score (nSPS) is 15.9. The van der Waals surface area contributed by atoms with Gasteiger partial charge in [-0.1, -0.05) is 25.1 Å². The maximum absolute atomic E-state index is 12.7. The summed E-state index contributed by atoms with van der Waals surface area (Å²) < 4.78 is 61.6. The molecule has 0 aliphatic carbocycles. The van der Waals surface area contributed by atoms with Gasteiger partial charge in [0.2, 0.25) is 0 Å². The van der Waals surface area contributed by atoms with Gasteiger partial charge in [0.25, 0.3) is 9.84 Å². The zero-order chi connectivity index (χ0) is 15.6. The highest BCUT2D eigenvalue weighted by atomic mass is 32.2. The number of halogens is 3. The number of hydrogen-bond acceptors (Lipinski definition) is 3. The largest absolute Gasteiger partial charge is 0.501 e. The van der Waals surface area contributed by atoms with Crippen molar-refractivity contribution in [3.8, 4) is 0 Å². The Morgan fingerprint density at radius 1 is 1.25 bits per heavy atom. The second-order valence-corrected chi connectivity index (χ2v) is 6.49. The molecule has 0 amide bonds. The van der Waals surface area contributed by atoms with Gasteiger partial charge in [0.15, 0.2) is 0 Å². The van der Waals surface area contributed by atoms with Crippen LogP contribution in [0.5, 0.6) is 0 Å². The van der Waals surface area contributed by atoms with Crippen LogP contribution in [0.25, 0.3) is 0 Å². The van der Waals surface area contributed by atoms with E-state index >= 15 is 0 Å². The van der Waals surface area contributed by atoms with Gasteiger partial charge < -0.3 is 5.32 Å². The van der Waals surface area contributed by atoms with Crippen LogP contribution in [-0.2, 0) is 9.84 Å². The molecule has 1 aromatic rings. The van der Waals surface area contributed by atoms with Gasteiger partial charge in [-0.05, 0) is 37.9 Å². The fraction of sp³-hybridized carbons (Fsp3) is 0.538. The van der Waals surface area contributed by atoms with Crippen molar-refractivity contribution >= 4 is 9.84 Å². The van der Waals surface area contributed by atoms with Crippen molar-refractivity contribution < 1.29 is 21.6 Å². The van der Waals surface area contributed by atoms with Crippen LogP contribution < -0.4 is 5.32 Å². The zero-order valence-corrected chi connectivity index (χ0v) is 12.3. The van der Waals surface area contributed by atoms with Crippen LogP contribution in [0.1, 0.15) is 31.7 Å². The summed E-state index contributed by atoms with van der Waals surface area (Å²) in [5.74, 6) is -0.312. The first-order valence-electron chi connectivity index (χ1n) is 6.24. The number of benzene rings is 1. The molecule has 114 valence electrons. The van der Waals surface area contributed by atoms with Crippen molar-refractivity contribution in [2.45, 2.75) is 42.6 Å². The van der Waals surface area contributed by atoms with Gasteiger partial charge >= 0.3 is 5.51 Å². The van der Waals surface area contributed by atoms with Crippen LogP contribution in [0.2, 0.25) is 0 Å². The van der Waals surface area contributed by atoms with E-state index in [0.717, 1.165) is 6.07 Å². The Balaban J connectivity index is 3.46. The number of likely N-dealkylation sites (N-methyl/N-ethyl adjacent to an activating group) is 1. The van der Waals surface area contributed by atoms with Crippen molar-refractivity contribution in [1.29, 1.82) is 0 Å². The van der Waals surface area contributed by atoms with Crippen LogP contribution in [0.3, 0.4) is 0 Å². The van der Waals surface area contributed by atoms with E-state index in [1.807, 2.05) is 13.8 Å². The molecule has 0 aliphatic heterocycles. The summed E-state index contributed by atoms with van der Waals surface area (Å²) in [4.78, 5) is -0.651. The average molecular weight is 309 g/mol. The molecule has 0 aromatic heterocycles. The molecule has 0 aliphatic rings. The summed E-state index contributed by atoms with van der Waals surface area (Å²) in [6, 6.07) is 5.18. The summed E-state index contributed by atoms with van der Waals surface area (Å²) in [6.07, 6.45) is 0.534. The molecule has 2 atom stereocenters. The maximum Gasteiger partial charge on any atom is 0.501 e. The monoisotopic (exact) mass is 309 g/mol. The van der Waals surface area contributed by atoms with Gasteiger partial charge in [-0.3, -0.25) is 0 Å². The Hall–Kier alpha value is -1.08. The second kappa shape index (κ2) is 6.13. The van der Waals surface area contributed by atoms with E-state index in [1.165, 1.54) is 12.1 Å². The van der Waals surface area contributed by atoms with Gasteiger partial charge in [0.1, 0.15) is 0 Å². The molecular weight excluding hydrogens is 291 g/mol. The van der Waals surface area contributed by atoms with Gasteiger partial charge in [0, 0.05) is 6.04 Å². The van der Waals surface area contributed by atoms with E-state index in [-0.39, 0.29) is 17.5 Å².